The van der Waals surface area contributed by atoms with E-state index in [9.17, 15) is 0 Å². The molecule has 13 heavy (non-hydrogen) atoms. The van der Waals surface area contributed by atoms with E-state index >= 15 is 0 Å². The van der Waals surface area contributed by atoms with Crippen molar-refractivity contribution in [3.05, 3.63) is 30.5 Å². The maximum atomic E-state index is 4.72. The minimum Gasteiger partial charge on any atom is -0.364 e. The summed E-state index contributed by atoms with van der Waals surface area (Å²) in [6, 6.07) is 1.78. The summed E-state index contributed by atoms with van der Waals surface area (Å²) in [4.78, 5) is 8.32. The molecule has 0 amide bonds. The monoisotopic (exact) mass is 175 g/mol. The number of rotatable bonds is 2. The average Bonchev–Trinajstić information content (AvgIpc) is 2.71. The van der Waals surface area contributed by atoms with Crippen LogP contribution in [0.3, 0.4) is 0 Å². The number of aromatic nitrogens is 3. The maximum Gasteiger partial charge on any atom is 0.127 e. The zero-order chi connectivity index (χ0) is 9.10. The topological polar surface area (TPSA) is 51.8 Å². The summed E-state index contributed by atoms with van der Waals surface area (Å²) >= 11 is 0. The van der Waals surface area contributed by atoms with Crippen molar-refractivity contribution in [1.82, 2.24) is 15.1 Å². The molecule has 0 aromatic carbocycles. The van der Waals surface area contributed by atoms with Crippen LogP contribution in [-0.2, 0) is 6.42 Å². The first-order valence-corrected chi connectivity index (χ1v) is 4.12. The van der Waals surface area contributed by atoms with Crippen molar-refractivity contribution in [2.75, 3.05) is 0 Å². The Hall–Kier alpha value is -1.71. The first-order chi connectivity index (χ1) is 6.40. The van der Waals surface area contributed by atoms with Crippen LogP contribution >= 0.6 is 0 Å². The molecule has 0 N–H and O–H groups in total. The third-order valence-corrected chi connectivity index (χ3v) is 1.76. The highest BCUT2D eigenvalue weighted by molar-refractivity contribution is 5.55. The lowest BCUT2D eigenvalue weighted by atomic mass is 10.2. The summed E-state index contributed by atoms with van der Waals surface area (Å²) in [7, 11) is 0. The summed E-state index contributed by atoms with van der Waals surface area (Å²) in [5.74, 6) is 0.840. The highest BCUT2D eigenvalue weighted by atomic mass is 16.5. The van der Waals surface area contributed by atoms with Gasteiger partial charge in [0.2, 0.25) is 0 Å². The summed E-state index contributed by atoms with van der Waals surface area (Å²) in [5.41, 5.74) is 1.65. The molecule has 0 unspecified atom stereocenters. The van der Waals surface area contributed by atoms with Crippen molar-refractivity contribution < 1.29 is 4.52 Å². The van der Waals surface area contributed by atoms with Crippen molar-refractivity contribution in [3.8, 4) is 11.3 Å². The molecule has 0 radical (unpaired) electrons. The van der Waals surface area contributed by atoms with Crippen LogP contribution in [-0.4, -0.2) is 15.1 Å². The Kier molecular flexibility index (Phi) is 2.04. The molecule has 0 saturated carbocycles. The molecule has 66 valence electrons. The number of hydrogen-bond acceptors (Lipinski definition) is 4. The first-order valence-electron chi connectivity index (χ1n) is 4.12. The first kappa shape index (κ1) is 7.91. The van der Waals surface area contributed by atoms with E-state index in [-0.39, 0.29) is 0 Å². The lowest BCUT2D eigenvalue weighted by Crippen LogP contribution is -1.91. The van der Waals surface area contributed by atoms with Crippen LogP contribution in [0.5, 0.6) is 0 Å². The minimum absolute atomic E-state index is 0.766. The molecule has 2 aromatic rings. The normalized spacial score (nSPS) is 10.2. The number of nitrogens with zero attached hydrogens (tertiary/aromatic N) is 3. The SMILES string of the molecule is CCc1ncc(-c2ccon2)cn1. The molecule has 0 aliphatic rings. The van der Waals surface area contributed by atoms with E-state index in [0.29, 0.717) is 0 Å². The van der Waals surface area contributed by atoms with E-state index < -0.39 is 0 Å². The van der Waals surface area contributed by atoms with Gasteiger partial charge in [0.15, 0.2) is 0 Å². The van der Waals surface area contributed by atoms with Gasteiger partial charge in [-0.05, 0) is 0 Å². The second kappa shape index (κ2) is 3.35. The minimum atomic E-state index is 0.766. The van der Waals surface area contributed by atoms with Crippen molar-refractivity contribution in [2.45, 2.75) is 13.3 Å². The quantitative estimate of drug-likeness (QED) is 0.697. The second-order valence-electron chi connectivity index (χ2n) is 2.63. The Morgan fingerprint density at radius 1 is 1.31 bits per heavy atom. The third-order valence-electron chi connectivity index (χ3n) is 1.76. The van der Waals surface area contributed by atoms with Crippen molar-refractivity contribution >= 4 is 0 Å². The van der Waals surface area contributed by atoms with Crippen LogP contribution in [0.1, 0.15) is 12.7 Å². The number of aryl methyl sites for hydroxylation is 1. The van der Waals surface area contributed by atoms with Crippen LogP contribution in [0.4, 0.5) is 0 Å². The van der Waals surface area contributed by atoms with Crippen molar-refractivity contribution in [3.63, 3.8) is 0 Å². The van der Waals surface area contributed by atoms with Crippen LogP contribution in [0.25, 0.3) is 11.3 Å². The Labute approximate surface area is 75.6 Å². The predicted octanol–water partition coefficient (Wildman–Crippen LogP) is 1.69. The van der Waals surface area contributed by atoms with E-state index in [1.807, 2.05) is 6.92 Å². The second-order valence-corrected chi connectivity index (χ2v) is 2.63. The Morgan fingerprint density at radius 3 is 2.62 bits per heavy atom. The zero-order valence-electron chi connectivity index (χ0n) is 7.27. The van der Waals surface area contributed by atoms with Gasteiger partial charge in [-0.25, -0.2) is 9.97 Å². The van der Waals surface area contributed by atoms with E-state index in [2.05, 4.69) is 15.1 Å². The van der Waals surface area contributed by atoms with Gasteiger partial charge < -0.3 is 4.52 Å². The standard InChI is InChI=1S/C9H9N3O/c1-2-9-10-5-7(6-11-9)8-3-4-13-12-8/h3-6H,2H2,1H3. The van der Waals surface area contributed by atoms with Crippen LogP contribution in [0, 0.1) is 0 Å². The van der Waals surface area contributed by atoms with E-state index in [1.54, 1.807) is 18.5 Å². The Morgan fingerprint density at radius 2 is 2.08 bits per heavy atom. The smallest absolute Gasteiger partial charge is 0.127 e. The van der Waals surface area contributed by atoms with Crippen LogP contribution in [0.2, 0.25) is 0 Å². The Balaban J connectivity index is 2.33. The molecule has 0 fully saturated rings. The molecular weight excluding hydrogens is 166 g/mol. The van der Waals surface area contributed by atoms with E-state index in [1.165, 1.54) is 6.26 Å². The summed E-state index contributed by atoms with van der Waals surface area (Å²) in [6.45, 7) is 2.02. The van der Waals surface area contributed by atoms with E-state index in [4.69, 9.17) is 4.52 Å². The fourth-order valence-electron chi connectivity index (χ4n) is 1.03. The van der Waals surface area contributed by atoms with Crippen LogP contribution < -0.4 is 0 Å². The highest BCUT2D eigenvalue weighted by Crippen LogP contribution is 2.13. The number of hydrogen-bond donors (Lipinski definition) is 0. The average molecular weight is 175 g/mol. The Bertz CT molecular complexity index is 366. The van der Waals surface area contributed by atoms with Gasteiger partial charge in [0, 0.05) is 30.4 Å². The summed E-state index contributed by atoms with van der Waals surface area (Å²) in [6.07, 6.45) is 5.88. The molecule has 0 saturated heterocycles. The third kappa shape index (κ3) is 1.56. The van der Waals surface area contributed by atoms with Gasteiger partial charge in [0.05, 0.1) is 0 Å². The van der Waals surface area contributed by atoms with Gasteiger partial charge in [-0.1, -0.05) is 12.1 Å². The molecule has 2 aromatic heterocycles. The molecule has 0 aliphatic carbocycles. The maximum absolute atomic E-state index is 4.72. The van der Waals surface area contributed by atoms with Gasteiger partial charge in [-0.2, -0.15) is 0 Å². The lowest BCUT2D eigenvalue weighted by Gasteiger charge is -1.95. The lowest BCUT2D eigenvalue weighted by molar-refractivity contribution is 0.422. The molecule has 2 heterocycles. The molecule has 0 spiro atoms. The molecule has 0 aliphatic heterocycles. The molecule has 0 atom stereocenters. The fraction of sp³-hybridized carbons (Fsp3) is 0.222. The van der Waals surface area contributed by atoms with Gasteiger partial charge >= 0.3 is 0 Å². The van der Waals surface area contributed by atoms with Crippen LogP contribution in [0.15, 0.2) is 29.2 Å². The van der Waals surface area contributed by atoms with E-state index in [0.717, 1.165) is 23.5 Å². The zero-order valence-corrected chi connectivity index (χ0v) is 7.27. The van der Waals surface area contributed by atoms with Gasteiger partial charge in [-0.15, -0.1) is 0 Å². The summed E-state index contributed by atoms with van der Waals surface area (Å²) < 4.78 is 4.72. The molecular formula is C9H9N3O. The van der Waals surface area contributed by atoms with Gasteiger partial charge in [0.25, 0.3) is 0 Å². The van der Waals surface area contributed by atoms with Gasteiger partial charge in [0.1, 0.15) is 17.8 Å². The van der Waals surface area contributed by atoms with Crippen molar-refractivity contribution in [2.24, 2.45) is 0 Å². The molecule has 2 rings (SSSR count). The van der Waals surface area contributed by atoms with Gasteiger partial charge in [-0.3, -0.25) is 0 Å². The van der Waals surface area contributed by atoms with Crippen molar-refractivity contribution in [1.29, 1.82) is 0 Å². The molecule has 4 heteroatoms. The highest BCUT2D eigenvalue weighted by Gasteiger charge is 2.01. The fourth-order valence-corrected chi connectivity index (χ4v) is 1.03. The molecule has 0 bridgehead atoms. The molecule has 4 nitrogen and oxygen atoms in total. The predicted molar refractivity (Wildman–Crippen MR) is 46.9 cm³/mol. The summed E-state index contributed by atoms with van der Waals surface area (Å²) in [5, 5.41) is 3.79. The largest absolute Gasteiger partial charge is 0.364 e.